The Bertz CT molecular complexity index is 739. The van der Waals surface area contributed by atoms with Gasteiger partial charge in [0.25, 0.3) is 10.0 Å². The van der Waals surface area contributed by atoms with Gasteiger partial charge in [-0.25, -0.2) is 13.2 Å². The van der Waals surface area contributed by atoms with Crippen molar-refractivity contribution in [2.75, 3.05) is 11.8 Å². The molecule has 0 spiro atoms. The number of hydrogen-bond donors (Lipinski definition) is 1. The molecular weight excluding hydrogens is 322 g/mol. The van der Waals surface area contributed by atoms with Gasteiger partial charge in [0.05, 0.1) is 17.8 Å². The van der Waals surface area contributed by atoms with Gasteiger partial charge in [-0.05, 0) is 23.6 Å². The molecule has 1 heterocycles. The number of carbonyl (C=O) groups is 1. The molecule has 0 saturated heterocycles. The van der Waals surface area contributed by atoms with E-state index in [1.807, 2.05) is 0 Å². The van der Waals surface area contributed by atoms with Crippen LogP contribution in [0.3, 0.4) is 0 Å². The Morgan fingerprint density at radius 1 is 1.30 bits per heavy atom. The zero-order valence-electron chi connectivity index (χ0n) is 10.3. The number of hydrogen-bond acceptors (Lipinski definition) is 5. The summed E-state index contributed by atoms with van der Waals surface area (Å²) in [5.74, 6) is -0.695. The second-order valence-electron chi connectivity index (χ2n) is 3.69. The largest absolute Gasteiger partial charge is 0.465 e. The maximum absolute atomic E-state index is 12.3. The van der Waals surface area contributed by atoms with E-state index in [1.54, 1.807) is 18.2 Å². The number of thiophene rings is 1. The molecule has 0 radical (unpaired) electrons. The lowest BCUT2D eigenvalue weighted by Crippen LogP contribution is -2.15. The first kappa shape index (κ1) is 14.8. The Labute approximate surface area is 125 Å². The van der Waals surface area contributed by atoms with Crippen molar-refractivity contribution >= 4 is 44.6 Å². The van der Waals surface area contributed by atoms with Gasteiger partial charge >= 0.3 is 5.97 Å². The Morgan fingerprint density at radius 2 is 2.00 bits per heavy atom. The fourth-order valence-corrected chi connectivity index (χ4v) is 4.15. The average Bonchev–Trinajstić information content (AvgIpc) is 2.90. The zero-order valence-corrected chi connectivity index (χ0v) is 12.7. The summed E-state index contributed by atoms with van der Waals surface area (Å²) in [4.78, 5) is 11.4. The molecule has 0 bridgehead atoms. The topological polar surface area (TPSA) is 72.5 Å². The summed E-state index contributed by atoms with van der Waals surface area (Å²) in [7, 11) is -2.71. The molecule has 0 aliphatic rings. The van der Waals surface area contributed by atoms with Crippen LogP contribution in [0.4, 0.5) is 5.69 Å². The summed E-state index contributed by atoms with van der Waals surface area (Å²) < 4.78 is 31.5. The molecule has 0 unspecified atom stereocenters. The predicted molar refractivity (Wildman–Crippen MR) is 77.9 cm³/mol. The number of carbonyl (C=O) groups excluding carboxylic acids is 1. The van der Waals surface area contributed by atoms with Crippen molar-refractivity contribution in [1.82, 2.24) is 0 Å². The number of sulfonamides is 1. The van der Waals surface area contributed by atoms with E-state index in [4.69, 9.17) is 11.6 Å². The van der Waals surface area contributed by atoms with Crippen molar-refractivity contribution in [2.45, 2.75) is 4.90 Å². The minimum Gasteiger partial charge on any atom is -0.465 e. The van der Waals surface area contributed by atoms with E-state index >= 15 is 0 Å². The highest BCUT2D eigenvalue weighted by Gasteiger charge is 2.25. The van der Waals surface area contributed by atoms with Gasteiger partial charge in [0.2, 0.25) is 0 Å². The molecule has 5 nitrogen and oxygen atoms in total. The molecule has 106 valence electrons. The van der Waals surface area contributed by atoms with Crippen LogP contribution in [-0.2, 0) is 14.8 Å². The van der Waals surface area contributed by atoms with E-state index in [2.05, 4.69) is 9.46 Å². The van der Waals surface area contributed by atoms with E-state index in [9.17, 15) is 13.2 Å². The third-order valence-electron chi connectivity index (χ3n) is 2.41. The lowest BCUT2D eigenvalue weighted by Gasteiger charge is -2.09. The van der Waals surface area contributed by atoms with Crippen molar-refractivity contribution in [3.63, 3.8) is 0 Å². The van der Waals surface area contributed by atoms with E-state index < -0.39 is 16.0 Å². The summed E-state index contributed by atoms with van der Waals surface area (Å²) >= 11 is 6.90. The first-order chi connectivity index (χ1) is 9.45. The molecule has 8 heteroatoms. The standard InChI is InChI=1S/C12H10ClNO4S2/c1-18-12(15)11-10(6-7-19-11)20(16,17)14-9-5-3-2-4-8(9)13/h2-7,14H,1H3. The molecule has 0 atom stereocenters. The molecular formula is C12H10ClNO4S2. The summed E-state index contributed by atoms with van der Waals surface area (Å²) in [6.07, 6.45) is 0. The molecule has 1 N–H and O–H groups in total. The normalized spacial score (nSPS) is 11.1. The molecule has 0 aliphatic carbocycles. The van der Waals surface area contributed by atoms with Gasteiger partial charge in [0.15, 0.2) is 0 Å². The van der Waals surface area contributed by atoms with E-state index in [0.717, 1.165) is 11.3 Å². The molecule has 0 saturated carbocycles. The minimum absolute atomic E-state index is 0.0204. The molecule has 1 aromatic heterocycles. The van der Waals surface area contributed by atoms with Gasteiger partial charge in [-0.2, -0.15) is 0 Å². The lowest BCUT2D eigenvalue weighted by atomic mass is 10.3. The molecule has 0 aliphatic heterocycles. The minimum atomic E-state index is -3.90. The fraction of sp³-hybridized carbons (Fsp3) is 0.0833. The zero-order chi connectivity index (χ0) is 14.8. The van der Waals surface area contributed by atoms with Crippen LogP contribution < -0.4 is 4.72 Å². The van der Waals surface area contributed by atoms with Crippen molar-refractivity contribution in [1.29, 1.82) is 0 Å². The number of methoxy groups -OCH3 is 1. The second-order valence-corrected chi connectivity index (χ2v) is 6.67. The van der Waals surface area contributed by atoms with Crippen molar-refractivity contribution in [3.8, 4) is 0 Å². The average molecular weight is 332 g/mol. The van der Waals surface area contributed by atoms with Crippen molar-refractivity contribution in [2.24, 2.45) is 0 Å². The summed E-state index contributed by atoms with van der Waals surface area (Å²) in [5.41, 5.74) is 0.246. The maximum atomic E-state index is 12.3. The summed E-state index contributed by atoms with van der Waals surface area (Å²) in [5, 5.41) is 1.78. The number of anilines is 1. The molecule has 1 aromatic carbocycles. The van der Waals surface area contributed by atoms with Gasteiger partial charge in [0.1, 0.15) is 9.77 Å². The van der Waals surface area contributed by atoms with Gasteiger partial charge in [-0.1, -0.05) is 23.7 Å². The first-order valence-corrected chi connectivity index (χ1v) is 8.13. The van der Waals surface area contributed by atoms with Gasteiger partial charge in [0, 0.05) is 0 Å². The molecule has 0 amide bonds. The molecule has 0 fully saturated rings. The maximum Gasteiger partial charge on any atom is 0.349 e. The predicted octanol–water partition coefficient (Wildman–Crippen LogP) is 2.99. The van der Waals surface area contributed by atoms with Crippen LogP contribution in [0.1, 0.15) is 9.67 Å². The number of benzene rings is 1. The Balaban J connectivity index is 2.40. The summed E-state index contributed by atoms with van der Waals surface area (Å²) in [6.45, 7) is 0. The Hall–Kier alpha value is -1.57. The molecule has 20 heavy (non-hydrogen) atoms. The Kier molecular flexibility index (Phi) is 4.32. The van der Waals surface area contributed by atoms with Crippen LogP contribution in [0.15, 0.2) is 40.6 Å². The van der Waals surface area contributed by atoms with Crippen LogP contribution in [0, 0.1) is 0 Å². The van der Waals surface area contributed by atoms with E-state index in [-0.39, 0.29) is 20.5 Å². The van der Waals surface area contributed by atoms with Gasteiger partial charge < -0.3 is 4.74 Å². The van der Waals surface area contributed by atoms with Crippen LogP contribution in [-0.4, -0.2) is 21.5 Å². The molecule has 2 rings (SSSR count). The third-order valence-corrected chi connectivity index (χ3v) is 5.17. The van der Waals surface area contributed by atoms with Gasteiger partial charge in [-0.3, -0.25) is 4.72 Å². The van der Waals surface area contributed by atoms with Crippen LogP contribution in [0.2, 0.25) is 5.02 Å². The van der Waals surface area contributed by atoms with E-state index in [0.29, 0.717) is 0 Å². The quantitative estimate of drug-likeness (QED) is 0.874. The monoisotopic (exact) mass is 331 g/mol. The number of ether oxygens (including phenoxy) is 1. The SMILES string of the molecule is COC(=O)c1sccc1S(=O)(=O)Nc1ccccc1Cl. The number of para-hydroxylation sites is 1. The van der Waals surface area contributed by atoms with Crippen LogP contribution in [0.25, 0.3) is 0 Å². The highest BCUT2D eigenvalue weighted by Crippen LogP contribution is 2.27. The summed E-state index contributed by atoms with van der Waals surface area (Å²) in [6, 6.07) is 7.78. The number of halogens is 1. The van der Waals surface area contributed by atoms with Crippen LogP contribution in [0.5, 0.6) is 0 Å². The molecule has 2 aromatic rings. The lowest BCUT2D eigenvalue weighted by molar-refractivity contribution is 0.0602. The third kappa shape index (κ3) is 2.95. The number of esters is 1. The number of rotatable bonds is 4. The second kappa shape index (κ2) is 5.82. The highest BCUT2D eigenvalue weighted by atomic mass is 35.5. The highest BCUT2D eigenvalue weighted by molar-refractivity contribution is 7.93. The first-order valence-electron chi connectivity index (χ1n) is 5.39. The Morgan fingerprint density at radius 3 is 2.65 bits per heavy atom. The van der Waals surface area contributed by atoms with E-state index in [1.165, 1.54) is 24.6 Å². The van der Waals surface area contributed by atoms with Gasteiger partial charge in [-0.15, -0.1) is 11.3 Å². The van der Waals surface area contributed by atoms with Crippen molar-refractivity contribution in [3.05, 3.63) is 45.6 Å². The fourth-order valence-electron chi connectivity index (χ4n) is 1.49. The number of nitrogens with one attached hydrogen (secondary N) is 1. The van der Waals surface area contributed by atoms with Crippen LogP contribution >= 0.6 is 22.9 Å². The van der Waals surface area contributed by atoms with Crippen molar-refractivity contribution < 1.29 is 17.9 Å². The smallest absolute Gasteiger partial charge is 0.349 e.